The van der Waals surface area contributed by atoms with Gasteiger partial charge in [-0.2, -0.15) is 0 Å². The summed E-state index contributed by atoms with van der Waals surface area (Å²) in [6, 6.07) is 39.7. The average molecular weight is 609 g/mol. The molecule has 7 nitrogen and oxygen atoms in total. The van der Waals surface area contributed by atoms with Crippen LogP contribution in [-0.2, 0) is 11.4 Å². The van der Waals surface area contributed by atoms with E-state index in [0.717, 1.165) is 11.1 Å². The first-order chi connectivity index (χ1) is 22.5. The highest BCUT2D eigenvalue weighted by atomic mass is 16.5. The highest BCUT2D eigenvalue weighted by molar-refractivity contribution is 6.11. The van der Waals surface area contributed by atoms with Crippen molar-refractivity contribution in [3.8, 4) is 11.5 Å². The number of benzene rings is 5. The number of methoxy groups -OCH3 is 1. The third kappa shape index (κ3) is 8.90. The zero-order valence-electron chi connectivity index (χ0n) is 25.2. The lowest BCUT2D eigenvalue weighted by molar-refractivity contribution is -0.113. The van der Waals surface area contributed by atoms with Gasteiger partial charge in [-0.3, -0.25) is 14.4 Å². The van der Waals surface area contributed by atoms with Crippen molar-refractivity contribution >= 4 is 35.4 Å². The maximum absolute atomic E-state index is 13.4. The van der Waals surface area contributed by atoms with Crippen LogP contribution in [0.25, 0.3) is 12.2 Å². The number of anilines is 1. The molecule has 0 aliphatic rings. The van der Waals surface area contributed by atoms with Crippen molar-refractivity contribution in [3.05, 3.63) is 173 Å². The SMILES string of the molecule is COc1cccc(/C=C/C(=O)c2ccc(NC(=O)/C(=C/c3ccc(OCc4ccccc4)cc3)NC(=O)c3ccccc3)cc2)c1. The van der Waals surface area contributed by atoms with E-state index in [1.807, 2.05) is 84.9 Å². The molecule has 0 unspecified atom stereocenters. The molecule has 0 radical (unpaired) electrons. The van der Waals surface area contributed by atoms with Crippen LogP contribution in [0.15, 0.2) is 145 Å². The molecule has 0 bridgehead atoms. The second-order valence-electron chi connectivity index (χ2n) is 10.2. The van der Waals surface area contributed by atoms with Crippen molar-refractivity contribution in [2.45, 2.75) is 6.61 Å². The molecule has 2 N–H and O–H groups in total. The van der Waals surface area contributed by atoms with Gasteiger partial charge in [0.05, 0.1) is 7.11 Å². The van der Waals surface area contributed by atoms with E-state index in [4.69, 9.17) is 9.47 Å². The molecule has 0 heterocycles. The molecule has 0 aliphatic carbocycles. The lowest BCUT2D eigenvalue weighted by atomic mass is 10.1. The van der Waals surface area contributed by atoms with Crippen LogP contribution < -0.4 is 20.1 Å². The summed E-state index contributed by atoms with van der Waals surface area (Å²) in [6.45, 7) is 0.430. The van der Waals surface area contributed by atoms with Gasteiger partial charge in [0.1, 0.15) is 23.8 Å². The number of carbonyl (C=O) groups is 3. The van der Waals surface area contributed by atoms with Gasteiger partial charge in [0.25, 0.3) is 11.8 Å². The fourth-order valence-corrected chi connectivity index (χ4v) is 4.44. The number of ether oxygens (including phenoxy) is 2. The van der Waals surface area contributed by atoms with Crippen molar-refractivity contribution in [1.82, 2.24) is 5.32 Å². The Labute approximate surface area is 267 Å². The second kappa shape index (κ2) is 15.5. The third-order valence-electron chi connectivity index (χ3n) is 6.92. The first kappa shape index (κ1) is 31.2. The summed E-state index contributed by atoms with van der Waals surface area (Å²) in [4.78, 5) is 39.2. The molecule has 0 saturated heterocycles. The molecule has 0 saturated carbocycles. The molecule has 0 aromatic heterocycles. The molecule has 46 heavy (non-hydrogen) atoms. The summed E-state index contributed by atoms with van der Waals surface area (Å²) in [6.07, 6.45) is 4.80. The van der Waals surface area contributed by atoms with Crippen LogP contribution in [0.1, 0.15) is 37.4 Å². The minimum Gasteiger partial charge on any atom is -0.497 e. The highest BCUT2D eigenvalue weighted by Gasteiger charge is 2.15. The van der Waals surface area contributed by atoms with E-state index >= 15 is 0 Å². The summed E-state index contributed by atoms with van der Waals surface area (Å²) in [5.74, 6) is 0.244. The first-order valence-corrected chi connectivity index (χ1v) is 14.6. The summed E-state index contributed by atoms with van der Waals surface area (Å²) >= 11 is 0. The average Bonchev–Trinajstić information content (AvgIpc) is 3.11. The van der Waals surface area contributed by atoms with Crippen LogP contribution >= 0.6 is 0 Å². The van der Waals surface area contributed by atoms with Gasteiger partial charge in [-0.1, -0.05) is 78.9 Å². The maximum Gasteiger partial charge on any atom is 0.272 e. The van der Waals surface area contributed by atoms with Crippen LogP contribution in [-0.4, -0.2) is 24.7 Å². The minimum atomic E-state index is -0.523. The third-order valence-corrected chi connectivity index (χ3v) is 6.92. The van der Waals surface area contributed by atoms with E-state index < -0.39 is 11.8 Å². The van der Waals surface area contributed by atoms with E-state index in [0.29, 0.717) is 40.5 Å². The van der Waals surface area contributed by atoms with E-state index in [9.17, 15) is 14.4 Å². The van der Waals surface area contributed by atoms with E-state index in [1.165, 1.54) is 6.08 Å². The van der Waals surface area contributed by atoms with Gasteiger partial charge in [-0.25, -0.2) is 0 Å². The molecule has 228 valence electrons. The molecule has 5 rings (SSSR count). The summed E-state index contributed by atoms with van der Waals surface area (Å²) in [7, 11) is 1.59. The quantitative estimate of drug-likeness (QED) is 0.113. The van der Waals surface area contributed by atoms with Gasteiger partial charge in [-0.15, -0.1) is 0 Å². The first-order valence-electron chi connectivity index (χ1n) is 14.6. The van der Waals surface area contributed by atoms with Gasteiger partial charge in [0.15, 0.2) is 5.78 Å². The van der Waals surface area contributed by atoms with Crippen molar-refractivity contribution < 1.29 is 23.9 Å². The second-order valence-corrected chi connectivity index (χ2v) is 10.2. The fourth-order valence-electron chi connectivity index (χ4n) is 4.44. The molecular formula is C39H32N2O5. The molecule has 5 aromatic rings. The number of hydrogen-bond acceptors (Lipinski definition) is 5. The van der Waals surface area contributed by atoms with Gasteiger partial charge < -0.3 is 20.1 Å². The Kier molecular flexibility index (Phi) is 10.5. The van der Waals surface area contributed by atoms with Gasteiger partial charge in [-0.05, 0) is 89.5 Å². The van der Waals surface area contributed by atoms with Gasteiger partial charge >= 0.3 is 0 Å². The zero-order valence-corrected chi connectivity index (χ0v) is 25.2. The van der Waals surface area contributed by atoms with Crippen LogP contribution in [0.3, 0.4) is 0 Å². The Bertz CT molecular complexity index is 1850. The predicted octanol–water partition coefficient (Wildman–Crippen LogP) is 7.58. The summed E-state index contributed by atoms with van der Waals surface area (Å²) < 4.78 is 11.1. The standard InChI is InChI=1S/C39H32N2O5/c1-45-35-14-8-11-28(25-35)17-24-37(42)31-18-20-33(21-19-31)40-39(44)36(41-38(43)32-12-6-3-7-13-32)26-29-15-22-34(23-16-29)46-27-30-9-4-2-5-10-30/h2-26H,27H2,1H3,(H,40,44)(H,41,43)/b24-17+,36-26-. The van der Waals surface area contributed by atoms with Crippen molar-refractivity contribution in [2.24, 2.45) is 0 Å². The molecule has 5 aromatic carbocycles. The minimum absolute atomic E-state index is 0.0492. The topological polar surface area (TPSA) is 93.7 Å². The Morgan fingerprint density at radius 1 is 0.674 bits per heavy atom. The molecule has 7 heteroatoms. The van der Waals surface area contributed by atoms with Crippen LogP contribution in [0.2, 0.25) is 0 Å². The van der Waals surface area contributed by atoms with E-state index in [1.54, 1.807) is 67.8 Å². The zero-order chi connectivity index (χ0) is 32.1. The molecular weight excluding hydrogens is 576 g/mol. The highest BCUT2D eigenvalue weighted by Crippen LogP contribution is 2.18. The van der Waals surface area contributed by atoms with Crippen LogP contribution in [0.4, 0.5) is 5.69 Å². The van der Waals surface area contributed by atoms with Gasteiger partial charge in [0, 0.05) is 16.8 Å². The van der Waals surface area contributed by atoms with Crippen molar-refractivity contribution in [3.63, 3.8) is 0 Å². The summed E-state index contributed by atoms with van der Waals surface area (Å²) in [5.41, 5.74) is 3.96. The molecule has 0 fully saturated rings. The molecule has 2 amide bonds. The van der Waals surface area contributed by atoms with E-state index in [-0.39, 0.29) is 11.5 Å². The Balaban J connectivity index is 1.28. The number of nitrogens with one attached hydrogen (secondary N) is 2. The lowest BCUT2D eigenvalue weighted by Crippen LogP contribution is -2.30. The number of allylic oxidation sites excluding steroid dienone is 1. The number of ketones is 1. The smallest absolute Gasteiger partial charge is 0.272 e. The predicted molar refractivity (Wildman–Crippen MR) is 181 cm³/mol. The Morgan fingerprint density at radius 3 is 2.07 bits per heavy atom. The van der Waals surface area contributed by atoms with Crippen LogP contribution in [0.5, 0.6) is 11.5 Å². The molecule has 0 spiro atoms. The Morgan fingerprint density at radius 2 is 1.37 bits per heavy atom. The summed E-state index contributed by atoms with van der Waals surface area (Å²) in [5, 5.41) is 5.56. The van der Waals surface area contributed by atoms with Crippen molar-refractivity contribution in [1.29, 1.82) is 0 Å². The maximum atomic E-state index is 13.4. The van der Waals surface area contributed by atoms with E-state index in [2.05, 4.69) is 10.6 Å². The number of amides is 2. The molecule has 0 aliphatic heterocycles. The number of rotatable bonds is 12. The normalized spacial score (nSPS) is 11.1. The number of hydrogen-bond donors (Lipinski definition) is 2. The number of carbonyl (C=O) groups excluding carboxylic acids is 3. The molecule has 0 atom stereocenters. The largest absolute Gasteiger partial charge is 0.497 e. The van der Waals surface area contributed by atoms with Gasteiger partial charge in [0.2, 0.25) is 0 Å². The Hall–Kier alpha value is -6.21. The fraction of sp³-hybridized carbons (Fsp3) is 0.0513. The van der Waals surface area contributed by atoms with Crippen LogP contribution in [0, 0.1) is 0 Å². The van der Waals surface area contributed by atoms with Crippen molar-refractivity contribution in [2.75, 3.05) is 12.4 Å². The monoisotopic (exact) mass is 608 g/mol. The lowest BCUT2D eigenvalue weighted by Gasteiger charge is -2.12.